The molecule has 0 saturated heterocycles. The smallest absolute Gasteiger partial charge is 0.316 e. The first-order chi connectivity index (χ1) is 10.9. The van der Waals surface area contributed by atoms with Crippen molar-refractivity contribution in [2.24, 2.45) is 5.10 Å². The van der Waals surface area contributed by atoms with Crippen molar-refractivity contribution in [2.45, 2.75) is 0 Å². The molecule has 0 radical (unpaired) electrons. The number of nitrogens with zero attached hydrogens (tertiary/aromatic N) is 2. The lowest BCUT2D eigenvalue weighted by Gasteiger charge is -1.98. The molecule has 0 saturated carbocycles. The third-order valence-corrected chi connectivity index (χ3v) is 3.44. The minimum atomic E-state index is 0.387. The van der Waals surface area contributed by atoms with Crippen LogP contribution in [0.15, 0.2) is 76.2 Å². The fourth-order valence-electron chi connectivity index (χ4n) is 2.37. The topological polar surface area (TPSA) is 50.4 Å². The van der Waals surface area contributed by atoms with Gasteiger partial charge in [0.2, 0.25) is 0 Å². The van der Waals surface area contributed by atoms with Crippen LogP contribution in [0.1, 0.15) is 5.56 Å². The molecule has 1 heterocycles. The summed E-state index contributed by atoms with van der Waals surface area (Å²) in [7, 11) is 0. The van der Waals surface area contributed by atoms with Crippen LogP contribution in [-0.4, -0.2) is 11.2 Å². The third kappa shape index (κ3) is 2.42. The Balaban J connectivity index is 1.55. The van der Waals surface area contributed by atoms with Crippen LogP contribution in [0.2, 0.25) is 0 Å². The molecule has 4 nitrogen and oxygen atoms in total. The highest BCUT2D eigenvalue weighted by molar-refractivity contribution is 5.90. The number of hydrogen-bond donors (Lipinski definition) is 1. The molecule has 4 aromatic rings. The quantitative estimate of drug-likeness (QED) is 0.448. The van der Waals surface area contributed by atoms with Gasteiger partial charge in [-0.1, -0.05) is 48.5 Å². The van der Waals surface area contributed by atoms with Crippen molar-refractivity contribution < 1.29 is 4.42 Å². The van der Waals surface area contributed by atoms with Crippen LogP contribution < -0.4 is 5.43 Å². The van der Waals surface area contributed by atoms with Gasteiger partial charge in [-0.05, 0) is 34.5 Å². The highest BCUT2D eigenvalue weighted by atomic mass is 16.4. The molecule has 0 spiro atoms. The van der Waals surface area contributed by atoms with Crippen molar-refractivity contribution in [2.75, 3.05) is 5.43 Å². The van der Waals surface area contributed by atoms with Crippen LogP contribution in [0.25, 0.3) is 21.9 Å². The molecule has 0 atom stereocenters. The lowest BCUT2D eigenvalue weighted by molar-refractivity contribution is 0.617. The van der Waals surface area contributed by atoms with Gasteiger partial charge >= 0.3 is 6.01 Å². The lowest BCUT2D eigenvalue weighted by atomic mass is 10.1. The van der Waals surface area contributed by atoms with Gasteiger partial charge in [0.1, 0.15) is 5.52 Å². The van der Waals surface area contributed by atoms with Gasteiger partial charge in [-0.25, -0.2) is 5.43 Å². The Labute approximate surface area is 127 Å². The normalized spacial score (nSPS) is 11.5. The van der Waals surface area contributed by atoms with E-state index in [1.165, 1.54) is 10.8 Å². The zero-order valence-corrected chi connectivity index (χ0v) is 11.7. The molecule has 4 heteroatoms. The van der Waals surface area contributed by atoms with E-state index in [4.69, 9.17) is 4.42 Å². The maximum Gasteiger partial charge on any atom is 0.316 e. The van der Waals surface area contributed by atoms with Crippen molar-refractivity contribution in [3.63, 3.8) is 0 Å². The van der Waals surface area contributed by atoms with Crippen LogP contribution >= 0.6 is 0 Å². The van der Waals surface area contributed by atoms with Gasteiger partial charge in [0, 0.05) is 0 Å². The van der Waals surface area contributed by atoms with Gasteiger partial charge in [-0.2, -0.15) is 10.1 Å². The number of oxazole rings is 1. The lowest BCUT2D eigenvalue weighted by Crippen LogP contribution is -1.90. The largest absolute Gasteiger partial charge is 0.422 e. The molecule has 0 aliphatic heterocycles. The van der Waals surface area contributed by atoms with Crippen LogP contribution in [0.4, 0.5) is 6.01 Å². The second-order valence-electron chi connectivity index (χ2n) is 4.96. The number of nitrogens with one attached hydrogen (secondary N) is 1. The van der Waals surface area contributed by atoms with Gasteiger partial charge in [-0.3, -0.25) is 0 Å². The SMILES string of the molecule is C(=N\Nc1nc2ccccc2o1)/c1ccc2ccccc2c1. The molecule has 0 amide bonds. The fraction of sp³-hybridized carbons (Fsp3) is 0. The summed E-state index contributed by atoms with van der Waals surface area (Å²) in [6, 6.07) is 22.4. The molecule has 0 unspecified atom stereocenters. The van der Waals surface area contributed by atoms with Gasteiger partial charge in [0.25, 0.3) is 0 Å². The number of para-hydroxylation sites is 2. The van der Waals surface area contributed by atoms with E-state index in [1.54, 1.807) is 6.21 Å². The second-order valence-corrected chi connectivity index (χ2v) is 4.96. The monoisotopic (exact) mass is 287 g/mol. The molecule has 1 N–H and O–H groups in total. The molecule has 1 aromatic heterocycles. The van der Waals surface area contributed by atoms with Crippen molar-refractivity contribution in [1.82, 2.24) is 4.98 Å². The first kappa shape index (κ1) is 12.6. The molecule has 0 aliphatic carbocycles. The summed E-state index contributed by atoms with van der Waals surface area (Å²) in [5.41, 5.74) is 5.39. The predicted molar refractivity (Wildman–Crippen MR) is 89.2 cm³/mol. The number of hydrogen-bond acceptors (Lipinski definition) is 4. The van der Waals surface area contributed by atoms with Crippen molar-refractivity contribution >= 4 is 34.1 Å². The third-order valence-electron chi connectivity index (χ3n) is 3.44. The fourth-order valence-corrected chi connectivity index (χ4v) is 2.37. The summed E-state index contributed by atoms with van der Waals surface area (Å²) in [5, 5.41) is 6.59. The highest BCUT2D eigenvalue weighted by Gasteiger charge is 2.02. The van der Waals surface area contributed by atoms with Crippen LogP contribution in [-0.2, 0) is 0 Å². The van der Waals surface area contributed by atoms with Gasteiger partial charge in [-0.15, -0.1) is 0 Å². The standard InChI is InChI=1S/C18H13N3O/c1-2-6-15-11-13(9-10-14(15)5-1)12-19-21-18-20-16-7-3-4-8-17(16)22-18/h1-12H,(H,20,21)/b19-12+. The van der Waals surface area contributed by atoms with E-state index in [0.717, 1.165) is 16.7 Å². The highest BCUT2D eigenvalue weighted by Crippen LogP contribution is 2.18. The summed E-state index contributed by atoms with van der Waals surface area (Å²) >= 11 is 0. The maximum absolute atomic E-state index is 5.54. The van der Waals surface area contributed by atoms with Gasteiger partial charge < -0.3 is 4.42 Å². The Morgan fingerprint density at radius 1 is 0.909 bits per heavy atom. The molecular weight excluding hydrogens is 274 g/mol. The van der Waals surface area contributed by atoms with E-state index < -0.39 is 0 Å². The molecule has 0 aliphatic rings. The zero-order valence-electron chi connectivity index (χ0n) is 11.7. The number of aromatic nitrogens is 1. The first-order valence-corrected chi connectivity index (χ1v) is 7.02. The Hall–Kier alpha value is -3.14. The minimum absolute atomic E-state index is 0.387. The van der Waals surface area contributed by atoms with E-state index in [0.29, 0.717) is 6.01 Å². The molecule has 0 fully saturated rings. The van der Waals surface area contributed by atoms with Crippen molar-refractivity contribution in [3.8, 4) is 0 Å². The number of hydrazone groups is 1. The van der Waals surface area contributed by atoms with Gasteiger partial charge in [0.05, 0.1) is 6.21 Å². The Morgan fingerprint density at radius 3 is 2.64 bits per heavy atom. The molecule has 3 aromatic carbocycles. The molecule has 0 bridgehead atoms. The van der Waals surface area contributed by atoms with Gasteiger partial charge in [0.15, 0.2) is 5.58 Å². The van der Waals surface area contributed by atoms with E-state index in [2.05, 4.69) is 39.8 Å². The number of benzene rings is 3. The summed E-state index contributed by atoms with van der Waals surface area (Å²) in [4.78, 5) is 4.30. The van der Waals surface area contributed by atoms with Crippen LogP contribution in [0.5, 0.6) is 0 Å². The van der Waals surface area contributed by atoms with E-state index in [1.807, 2.05) is 42.5 Å². The van der Waals surface area contributed by atoms with Crippen molar-refractivity contribution in [1.29, 1.82) is 0 Å². The predicted octanol–water partition coefficient (Wildman–Crippen LogP) is 4.43. The Kier molecular flexibility index (Phi) is 3.05. The van der Waals surface area contributed by atoms with Crippen LogP contribution in [0.3, 0.4) is 0 Å². The van der Waals surface area contributed by atoms with Crippen molar-refractivity contribution in [3.05, 3.63) is 72.3 Å². The molecule has 106 valence electrons. The maximum atomic E-state index is 5.54. The number of rotatable bonds is 3. The first-order valence-electron chi connectivity index (χ1n) is 7.02. The second kappa shape index (κ2) is 5.33. The Bertz CT molecular complexity index is 939. The molecule has 22 heavy (non-hydrogen) atoms. The minimum Gasteiger partial charge on any atom is -0.422 e. The van der Waals surface area contributed by atoms with E-state index in [-0.39, 0.29) is 0 Å². The molecule has 4 rings (SSSR count). The average Bonchev–Trinajstić information content (AvgIpc) is 2.97. The summed E-state index contributed by atoms with van der Waals surface area (Å²) < 4.78 is 5.54. The average molecular weight is 287 g/mol. The summed E-state index contributed by atoms with van der Waals surface area (Å²) in [6.07, 6.45) is 1.75. The van der Waals surface area contributed by atoms with E-state index in [9.17, 15) is 0 Å². The zero-order chi connectivity index (χ0) is 14.8. The molecular formula is C18H13N3O. The summed E-state index contributed by atoms with van der Waals surface area (Å²) in [6.45, 7) is 0. The van der Waals surface area contributed by atoms with E-state index >= 15 is 0 Å². The number of anilines is 1. The summed E-state index contributed by atoms with van der Waals surface area (Å²) in [5.74, 6) is 0. The van der Waals surface area contributed by atoms with Crippen LogP contribution in [0, 0.1) is 0 Å². The number of fused-ring (bicyclic) bond motifs is 2. The Morgan fingerprint density at radius 2 is 1.73 bits per heavy atom.